The lowest BCUT2D eigenvalue weighted by Crippen LogP contribution is -2.39. The van der Waals surface area contributed by atoms with E-state index in [0.29, 0.717) is 17.4 Å². The lowest BCUT2D eigenvalue weighted by molar-refractivity contribution is -0.129. The first-order valence-electron chi connectivity index (χ1n) is 8.92. The van der Waals surface area contributed by atoms with Crippen LogP contribution in [0.15, 0.2) is 29.2 Å². The molecule has 0 aliphatic heterocycles. The highest BCUT2D eigenvalue weighted by Gasteiger charge is 2.22. The van der Waals surface area contributed by atoms with Crippen LogP contribution in [0, 0.1) is 0 Å². The van der Waals surface area contributed by atoms with Gasteiger partial charge in [-0.25, -0.2) is 0 Å². The molecule has 0 aromatic heterocycles. The maximum atomic E-state index is 12.5. The van der Waals surface area contributed by atoms with Crippen molar-refractivity contribution in [2.75, 3.05) is 19.4 Å². The SMILES string of the molecule is CC(CO)NC(=O)c1ccccc1SCC(=O)N(C)C1CCCCC1. The van der Waals surface area contributed by atoms with Crippen molar-refractivity contribution in [1.82, 2.24) is 10.2 Å². The van der Waals surface area contributed by atoms with Crippen LogP contribution >= 0.6 is 11.8 Å². The van der Waals surface area contributed by atoms with Crippen molar-refractivity contribution in [2.24, 2.45) is 0 Å². The van der Waals surface area contributed by atoms with Gasteiger partial charge in [-0.1, -0.05) is 31.4 Å². The van der Waals surface area contributed by atoms with Crippen LogP contribution in [0.1, 0.15) is 49.4 Å². The van der Waals surface area contributed by atoms with E-state index in [-0.39, 0.29) is 24.5 Å². The van der Waals surface area contributed by atoms with E-state index in [4.69, 9.17) is 5.11 Å². The van der Waals surface area contributed by atoms with Crippen LogP contribution < -0.4 is 5.32 Å². The Morgan fingerprint density at radius 2 is 1.96 bits per heavy atom. The lowest BCUT2D eigenvalue weighted by Gasteiger charge is -2.31. The van der Waals surface area contributed by atoms with Crippen LogP contribution in [0.25, 0.3) is 0 Å². The quantitative estimate of drug-likeness (QED) is 0.730. The number of aliphatic hydroxyl groups excluding tert-OH is 1. The number of carbonyl (C=O) groups is 2. The van der Waals surface area contributed by atoms with E-state index in [1.54, 1.807) is 19.1 Å². The highest BCUT2D eigenvalue weighted by Crippen LogP contribution is 2.25. The van der Waals surface area contributed by atoms with Gasteiger partial charge in [0.25, 0.3) is 5.91 Å². The third-order valence-electron chi connectivity index (χ3n) is 4.65. The highest BCUT2D eigenvalue weighted by molar-refractivity contribution is 8.00. The smallest absolute Gasteiger partial charge is 0.252 e. The van der Waals surface area contributed by atoms with Gasteiger partial charge >= 0.3 is 0 Å². The largest absolute Gasteiger partial charge is 0.394 e. The second-order valence-electron chi connectivity index (χ2n) is 6.64. The molecule has 2 amide bonds. The van der Waals surface area contributed by atoms with E-state index in [1.807, 2.05) is 24.1 Å². The first kappa shape index (κ1) is 19.8. The van der Waals surface area contributed by atoms with E-state index >= 15 is 0 Å². The first-order chi connectivity index (χ1) is 12.0. The first-order valence-corrected chi connectivity index (χ1v) is 9.90. The Labute approximate surface area is 154 Å². The number of aliphatic hydroxyl groups is 1. The third-order valence-corrected chi connectivity index (χ3v) is 5.71. The Bertz CT molecular complexity index is 588. The normalized spacial score (nSPS) is 16.3. The van der Waals surface area contributed by atoms with Crippen LogP contribution in [-0.2, 0) is 4.79 Å². The zero-order valence-corrected chi connectivity index (χ0v) is 15.8. The summed E-state index contributed by atoms with van der Waals surface area (Å²) in [6.07, 6.45) is 5.83. The van der Waals surface area contributed by atoms with Crippen LogP contribution in [0.5, 0.6) is 0 Å². The number of amides is 2. The van der Waals surface area contributed by atoms with Gasteiger partial charge in [0, 0.05) is 24.0 Å². The number of thioether (sulfide) groups is 1. The maximum Gasteiger partial charge on any atom is 0.252 e. The molecule has 1 aliphatic carbocycles. The van der Waals surface area contributed by atoms with Crippen molar-refractivity contribution >= 4 is 23.6 Å². The minimum atomic E-state index is -0.301. The van der Waals surface area contributed by atoms with Crippen molar-refractivity contribution < 1.29 is 14.7 Å². The third kappa shape index (κ3) is 5.75. The Hall–Kier alpha value is -1.53. The predicted octanol–water partition coefficient (Wildman–Crippen LogP) is 2.68. The average molecular weight is 365 g/mol. The van der Waals surface area contributed by atoms with Gasteiger partial charge in [0.1, 0.15) is 0 Å². The molecule has 1 aromatic carbocycles. The Balaban J connectivity index is 1.95. The van der Waals surface area contributed by atoms with Crippen LogP contribution in [0.3, 0.4) is 0 Å². The zero-order valence-electron chi connectivity index (χ0n) is 15.0. The monoisotopic (exact) mass is 364 g/mol. The van der Waals surface area contributed by atoms with Gasteiger partial charge in [0.2, 0.25) is 5.91 Å². The summed E-state index contributed by atoms with van der Waals surface area (Å²) in [4.78, 5) is 27.5. The zero-order chi connectivity index (χ0) is 18.2. The van der Waals surface area contributed by atoms with Crippen LogP contribution in [-0.4, -0.2) is 53.3 Å². The molecule has 1 fully saturated rings. The molecule has 1 atom stereocenters. The summed E-state index contributed by atoms with van der Waals surface area (Å²) < 4.78 is 0. The Morgan fingerprint density at radius 1 is 1.28 bits per heavy atom. The number of benzene rings is 1. The van der Waals surface area contributed by atoms with Gasteiger partial charge in [-0.15, -0.1) is 11.8 Å². The molecule has 0 radical (unpaired) electrons. The molecular weight excluding hydrogens is 336 g/mol. The van der Waals surface area contributed by atoms with Gasteiger partial charge in [0.05, 0.1) is 17.9 Å². The minimum Gasteiger partial charge on any atom is -0.394 e. The van der Waals surface area contributed by atoms with E-state index in [9.17, 15) is 9.59 Å². The highest BCUT2D eigenvalue weighted by atomic mass is 32.2. The Kier molecular flexibility index (Phi) is 7.78. The molecule has 1 aromatic rings. The molecule has 2 rings (SSSR count). The summed E-state index contributed by atoms with van der Waals surface area (Å²) in [7, 11) is 1.89. The Morgan fingerprint density at radius 3 is 2.64 bits per heavy atom. The van der Waals surface area contributed by atoms with Crippen molar-refractivity contribution in [3.8, 4) is 0 Å². The number of carbonyl (C=O) groups excluding carboxylic acids is 2. The fraction of sp³-hybridized carbons (Fsp3) is 0.579. The molecule has 0 saturated heterocycles. The summed E-state index contributed by atoms with van der Waals surface area (Å²) in [6, 6.07) is 7.33. The molecule has 0 bridgehead atoms. The second-order valence-corrected chi connectivity index (χ2v) is 7.66. The number of rotatable bonds is 7. The standard InChI is InChI=1S/C19H28N2O3S/c1-14(12-22)20-19(24)16-10-6-7-11-17(16)25-13-18(23)21(2)15-8-4-3-5-9-15/h6-7,10-11,14-15,22H,3-5,8-9,12-13H2,1-2H3,(H,20,24). The summed E-state index contributed by atoms with van der Waals surface area (Å²) >= 11 is 1.40. The fourth-order valence-corrected chi connectivity index (χ4v) is 4.01. The number of nitrogens with one attached hydrogen (secondary N) is 1. The molecule has 0 spiro atoms. The topological polar surface area (TPSA) is 69.6 Å². The predicted molar refractivity (Wildman–Crippen MR) is 101 cm³/mol. The van der Waals surface area contributed by atoms with Gasteiger partial charge in [0.15, 0.2) is 0 Å². The van der Waals surface area contributed by atoms with E-state index in [0.717, 1.165) is 17.7 Å². The lowest BCUT2D eigenvalue weighted by atomic mass is 9.94. The summed E-state index contributed by atoms with van der Waals surface area (Å²) in [6.45, 7) is 1.64. The molecule has 1 saturated carbocycles. The molecular formula is C19H28N2O3S. The van der Waals surface area contributed by atoms with Crippen molar-refractivity contribution in [3.05, 3.63) is 29.8 Å². The molecule has 0 heterocycles. The van der Waals surface area contributed by atoms with E-state index < -0.39 is 0 Å². The summed E-state index contributed by atoms with van der Waals surface area (Å²) in [5, 5.41) is 11.8. The molecule has 5 nitrogen and oxygen atoms in total. The summed E-state index contributed by atoms with van der Waals surface area (Å²) in [5.74, 6) is 0.209. The second kappa shape index (κ2) is 9.82. The van der Waals surface area contributed by atoms with Gasteiger partial charge in [-0.05, 0) is 31.9 Å². The number of hydrogen-bond donors (Lipinski definition) is 2. The maximum absolute atomic E-state index is 12.5. The van der Waals surface area contributed by atoms with Gasteiger partial charge < -0.3 is 15.3 Å². The minimum absolute atomic E-state index is 0.105. The average Bonchev–Trinajstić information content (AvgIpc) is 2.66. The van der Waals surface area contributed by atoms with Crippen molar-refractivity contribution in [1.29, 1.82) is 0 Å². The van der Waals surface area contributed by atoms with E-state index in [1.165, 1.54) is 31.0 Å². The van der Waals surface area contributed by atoms with Gasteiger partial charge in [-0.3, -0.25) is 9.59 Å². The van der Waals surface area contributed by atoms with Crippen LogP contribution in [0.4, 0.5) is 0 Å². The molecule has 1 aliphatic rings. The van der Waals surface area contributed by atoms with Crippen molar-refractivity contribution in [2.45, 2.75) is 56.0 Å². The van der Waals surface area contributed by atoms with Gasteiger partial charge in [-0.2, -0.15) is 0 Å². The summed E-state index contributed by atoms with van der Waals surface area (Å²) in [5.41, 5.74) is 0.543. The van der Waals surface area contributed by atoms with E-state index in [2.05, 4.69) is 5.32 Å². The number of hydrogen-bond acceptors (Lipinski definition) is 4. The molecule has 1 unspecified atom stereocenters. The fourth-order valence-electron chi connectivity index (χ4n) is 3.04. The van der Waals surface area contributed by atoms with Crippen molar-refractivity contribution in [3.63, 3.8) is 0 Å². The molecule has 2 N–H and O–H groups in total. The number of nitrogens with zero attached hydrogens (tertiary/aromatic N) is 1. The molecule has 25 heavy (non-hydrogen) atoms. The van der Waals surface area contributed by atoms with Crippen LogP contribution in [0.2, 0.25) is 0 Å². The molecule has 6 heteroatoms. The molecule has 138 valence electrons.